The number of hydrogen-bond acceptors (Lipinski definition) is 4. The highest BCUT2D eigenvalue weighted by molar-refractivity contribution is 6.25. The van der Waals surface area contributed by atoms with E-state index in [-0.39, 0.29) is 17.1 Å². The molecule has 1 aromatic heterocycles. The molecule has 0 radical (unpaired) electrons. The summed E-state index contributed by atoms with van der Waals surface area (Å²) >= 11 is 0. The van der Waals surface area contributed by atoms with Gasteiger partial charge >= 0.3 is 0 Å². The molecule has 1 N–H and O–H groups in total. The molecule has 0 saturated carbocycles. The molecule has 0 spiro atoms. The lowest BCUT2D eigenvalue weighted by Crippen LogP contribution is -2.57. The summed E-state index contributed by atoms with van der Waals surface area (Å²) in [6.45, 7) is 22.7. The second kappa shape index (κ2) is 9.96. The summed E-state index contributed by atoms with van der Waals surface area (Å²) in [6, 6.07) is 9.95. The van der Waals surface area contributed by atoms with E-state index in [2.05, 4.69) is 94.1 Å². The Morgan fingerprint density at radius 3 is 2.38 bits per heavy atom. The SMILES string of the molecule is C[SiH2]OC(C)([C@@H]1CNCc2cc3cc(OC4CCN(C(C)C)CC4)ccc3n21)C(C)(C)C(C)C. The van der Waals surface area contributed by atoms with Gasteiger partial charge in [0.1, 0.15) is 11.9 Å². The van der Waals surface area contributed by atoms with Crippen molar-refractivity contribution in [2.75, 3.05) is 19.6 Å². The normalized spacial score (nSPS) is 22.7. The summed E-state index contributed by atoms with van der Waals surface area (Å²) in [5.41, 5.74) is 2.45. The van der Waals surface area contributed by atoms with E-state index < -0.39 is 9.76 Å². The molecule has 2 aliphatic heterocycles. The number of benzene rings is 1. The first kappa shape index (κ1) is 25.7. The van der Waals surface area contributed by atoms with Gasteiger partial charge in [0, 0.05) is 48.8 Å². The molecule has 2 atom stereocenters. The molecule has 190 valence electrons. The second-order valence-corrected chi connectivity index (χ2v) is 12.6. The van der Waals surface area contributed by atoms with Gasteiger partial charge in [-0.1, -0.05) is 34.2 Å². The van der Waals surface area contributed by atoms with E-state index in [1.165, 1.54) is 16.6 Å². The predicted molar refractivity (Wildman–Crippen MR) is 146 cm³/mol. The molecule has 1 saturated heterocycles. The van der Waals surface area contributed by atoms with Crippen molar-refractivity contribution >= 4 is 20.7 Å². The fraction of sp³-hybridized carbons (Fsp3) is 0.714. The van der Waals surface area contributed by atoms with Crippen LogP contribution in [-0.4, -0.2) is 56.6 Å². The van der Waals surface area contributed by atoms with Crippen LogP contribution in [0, 0.1) is 11.3 Å². The highest BCUT2D eigenvalue weighted by atomic mass is 28.2. The van der Waals surface area contributed by atoms with Crippen LogP contribution in [0.15, 0.2) is 24.3 Å². The zero-order valence-corrected chi connectivity index (χ0v) is 24.2. The van der Waals surface area contributed by atoms with Crippen molar-refractivity contribution in [3.8, 4) is 5.75 Å². The first-order valence-electron chi connectivity index (χ1n) is 13.5. The van der Waals surface area contributed by atoms with Crippen molar-refractivity contribution in [2.45, 2.75) is 98.2 Å². The van der Waals surface area contributed by atoms with Crippen molar-refractivity contribution in [1.82, 2.24) is 14.8 Å². The summed E-state index contributed by atoms with van der Waals surface area (Å²) in [5, 5.41) is 4.98. The summed E-state index contributed by atoms with van der Waals surface area (Å²) in [6.07, 6.45) is 2.53. The lowest BCUT2D eigenvalue weighted by atomic mass is 9.65. The summed E-state index contributed by atoms with van der Waals surface area (Å²) in [5.74, 6) is 1.53. The first-order chi connectivity index (χ1) is 16.1. The number of nitrogens with zero attached hydrogens (tertiary/aromatic N) is 2. The van der Waals surface area contributed by atoms with Crippen molar-refractivity contribution < 1.29 is 9.16 Å². The monoisotopic (exact) mass is 485 g/mol. The highest BCUT2D eigenvalue weighted by Crippen LogP contribution is 2.49. The van der Waals surface area contributed by atoms with Crippen LogP contribution in [0.1, 0.15) is 73.0 Å². The molecule has 0 amide bonds. The number of piperidine rings is 1. The fourth-order valence-electron chi connectivity index (χ4n) is 6.01. The Kier molecular flexibility index (Phi) is 7.54. The van der Waals surface area contributed by atoms with E-state index in [1.807, 2.05) is 0 Å². The number of aromatic nitrogens is 1. The molecule has 1 fully saturated rings. The van der Waals surface area contributed by atoms with E-state index in [0.717, 1.165) is 44.8 Å². The molecule has 4 rings (SSSR count). The smallest absolute Gasteiger partial charge is 0.159 e. The van der Waals surface area contributed by atoms with Gasteiger partial charge < -0.3 is 23.9 Å². The van der Waals surface area contributed by atoms with Crippen molar-refractivity contribution in [1.29, 1.82) is 0 Å². The average molecular weight is 486 g/mol. The molecule has 34 heavy (non-hydrogen) atoms. The average Bonchev–Trinajstić information content (AvgIpc) is 3.17. The van der Waals surface area contributed by atoms with E-state index in [4.69, 9.17) is 9.16 Å². The Hall–Kier alpha value is -1.34. The third-order valence-electron chi connectivity index (χ3n) is 9.16. The van der Waals surface area contributed by atoms with Gasteiger partial charge in [0.2, 0.25) is 0 Å². The van der Waals surface area contributed by atoms with E-state index in [9.17, 15) is 0 Å². The number of hydrogen-bond donors (Lipinski definition) is 1. The molecule has 2 aromatic rings. The Labute approximate surface area is 209 Å². The zero-order valence-electron chi connectivity index (χ0n) is 22.8. The zero-order chi connectivity index (χ0) is 24.7. The van der Waals surface area contributed by atoms with Crippen LogP contribution in [-0.2, 0) is 11.0 Å². The molecule has 1 unspecified atom stereocenters. The quantitative estimate of drug-likeness (QED) is 0.526. The predicted octanol–water partition coefficient (Wildman–Crippen LogP) is 5.13. The minimum absolute atomic E-state index is 0.0431. The highest BCUT2D eigenvalue weighted by Gasteiger charge is 2.50. The summed E-state index contributed by atoms with van der Waals surface area (Å²) < 4.78 is 15.8. The third kappa shape index (κ3) is 4.59. The maximum Gasteiger partial charge on any atom is 0.159 e. The molecule has 2 aliphatic rings. The molecule has 0 bridgehead atoms. The standard InChI is InChI=1S/C28H47N3O2Si/c1-19(2)27(5,6)28(7,33-34-8)26-18-29-17-22-15-21-16-24(9-10-25(21)31(22)26)32-23-11-13-30(14-12-23)20(3)4/h9-10,15-16,19-20,23,26,29H,11-14,17-18,34H2,1-8H3/t26-,28?/m0/s1. The lowest BCUT2D eigenvalue weighted by Gasteiger charge is -2.53. The van der Waals surface area contributed by atoms with Crippen LogP contribution in [0.3, 0.4) is 0 Å². The summed E-state index contributed by atoms with van der Waals surface area (Å²) in [4.78, 5) is 2.55. The van der Waals surface area contributed by atoms with Gasteiger partial charge in [0.25, 0.3) is 0 Å². The molecule has 0 aliphatic carbocycles. The van der Waals surface area contributed by atoms with E-state index in [0.29, 0.717) is 18.1 Å². The molecule has 5 nitrogen and oxygen atoms in total. The van der Waals surface area contributed by atoms with Crippen molar-refractivity contribution in [3.63, 3.8) is 0 Å². The van der Waals surface area contributed by atoms with Crippen molar-refractivity contribution in [2.24, 2.45) is 11.3 Å². The topological polar surface area (TPSA) is 38.7 Å². The van der Waals surface area contributed by atoms with E-state index in [1.54, 1.807) is 0 Å². The maximum absolute atomic E-state index is 6.77. The largest absolute Gasteiger partial charge is 0.490 e. The van der Waals surface area contributed by atoms with Crippen LogP contribution < -0.4 is 10.1 Å². The van der Waals surface area contributed by atoms with Gasteiger partial charge in [-0.2, -0.15) is 0 Å². The van der Waals surface area contributed by atoms with E-state index >= 15 is 0 Å². The minimum atomic E-state index is -0.578. The fourth-order valence-corrected chi connectivity index (χ4v) is 7.17. The molecule has 6 heteroatoms. The van der Waals surface area contributed by atoms with Gasteiger partial charge in [-0.05, 0) is 69.2 Å². The van der Waals surface area contributed by atoms with Crippen LogP contribution in [0.2, 0.25) is 6.55 Å². The van der Waals surface area contributed by atoms with Crippen molar-refractivity contribution in [3.05, 3.63) is 30.0 Å². The van der Waals surface area contributed by atoms with Crippen LogP contribution >= 0.6 is 0 Å². The number of nitrogens with one attached hydrogen (secondary N) is 1. The summed E-state index contributed by atoms with van der Waals surface area (Å²) in [7, 11) is -0.578. The van der Waals surface area contributed by atoms with Crippen LogP contribution in [0.4, 0.5) is 0 Å². The first-order valence-corrected chi connectivity index (χ1v) is 15.5. The van der Waals surface area contributed by atoms with Crippen LogP contribution in [0.25, 0.3) is 10.9 Å². The molecular weight excluding hydrogens is 438 g/mol. The number of rotatable bonds is 8. The van der Waals surface area contributed by atoms with Crippen LogP contribution in [0.5, 0.6) is 5.75 Å². The Balaban J connectivity index is 1.63. The number of fused-ring (bicyclic) bond motifs is 3. The van der Waals surface area contributed by atoms with Gasteiger partial charge in [-0.3, -0.25) is 0 Å². The van der Waals surface area contributed by atoms with Gasteiger partial charge in [-0.15, -0.1) is 0 Å². The molecule has 3 heterocycles. The minimum Gasteiger partial charge on any atom is -0.490 e. The Morgan fingerprint density at radius 2 is 1.76 bits per heavy atom. The second-order valence-electron chi connectivity index (χ2n) is 11.7. The third-order valence-corrected chi connectivity index (χ3v) is 10.0. The Morgan fingerprint density at radius 1 is 1.06 bits per heavy atom. The number of likely N-dealkylation sites (tertiary alicyclic amines) is 1. The maximum atomic E-state index is 6.77. The van der Waals surface area contributed by atoms with Gasteiger partial charge in [-0.25, -0.2) is 0 Å². The van der Waals surface area contributed by atoms with Gasteiger partial charge in [0.15, 0.2) is 9.76 Å². The lowest BCUT2D eigenvalue weighted by molar-refractivity contribution is -0.0918. The van der Waals surface area contributed by atoms with Gasteiger partial charge in [0.05, 0.1) is 11.6 Å². The molecule has 1 aromatic carbocycles. The molecular formula is C28H47N3O2Si. The number of ether oxygens (including phenoxy) is 1. The Bertz CT molecular complexity index is 977.